The second-order valence-electron chi connectivity index (χ2n) is 6.61. The standard InChI is InChI=1S/C20H16FN7O/c1-12(25-18-16-14(21)10-22-17(16)23-11-24-18)19-26-15-8-5-9-27(15)20(29)28(19)13-6-3-2-4-7-13/h2-12H,1H3,(H2,22,23,24,25). The fraction of sp³-hybridized carbons (Fsp3) is 0.100. The fourth-order valence-electron chi connectivity index (χ4n) is 3.41. The molecule has 4 aromatic heterocycles. The summed E-state index contributed by atoms with van der Waals surface area (Å²) in [6.07, 6.45) is 4.26. The lowest BCUT2D eigenvalue weighted by atomic mass is 10.2. The van der Waals surface area contributed by atoms with Crippen LogP contribution in [0.3, 0.4) is 0 Å². The third-order valence-corrected chi connectivity index (χ3v) is 4.76. The quantitative estimate of drug-likeness (QED) is 0.493. The summed E-state index contributed by atoms with van der Waals surface area (Å²) in [6, 6.07) is 12.3. The van der Waals surface area contributed by atoms with E-state index in [-0.39, 0.29) is 11.1 Å². The van der Waals surface area contributed by atoms with Gasteiger partial charge in [-0.15, -0.1) is 0 Å². The Morgan fingerprint density at radius 2 is 1.97 bits per heavy atom. The molecule has 1 unspecified atom stereocenters. The minimum Gasteiger partial charge on any atom is -0.360 e. The molecule has 4 heterocycles. The van der Waals surface area contributed by atoms with Gasteiger partial charge in [-0.05, 0) is 31.2 Å². The molecule has 1 aromatic carbocycles. The predicted molar refractivity (Wildman–Crippen MR) is 107 cm³/mol. The molecule has 144 valence electrons. The molecule has 5 rings (SSSR count). The van der Waals surface area contributed by atoms with Crippen LogP contribution in [0.5, 0.6) is 0 Å². The van der Waals surface area contributed by atoms with E-state index in [2.05, 4.69) is 25.3 Å². The van der Waals surface area contributed by atoms with Crippen LogP contribution >= 0.6 is 0 Å². The fourth-order valence-corrected chi connectivity index (χ4v) is 3.41. The van der Waals surface area contributed by atoms with E-state index in [0.29, 0.717) is 28.6 Å². The summed E-state index contributed by atoms with van der Waals surface area (Å²) in [4.78, 5) is 28.8. The number of anilines is 1. The van der Waals surface area contributed by atoms with Gasteiger partial charge < -0.3 is 10.3 Å². The SMILES string of the molecule is CC(Nc1ncnc2[nH]cc(F)c12)c1nc2cccn2c(=O)n1-c1ccccc1. The molecule has 2 N–H and O–H groups in total. The molecule has 0 aliphatic rings. The Hall–Kier alpha value is -4.01. The van der Waals surface area contributed by atoms with Crippen LogP contribution in [0.1, 0.15) is 18.8 Å². The van der Waals surface area contributed by atoms with Gasteiger partial charge in [0.2, 0.25) is 0 Å². The predicted octanol–water partition coefficient (Wildman–Crippen LogP) is 3.07. The molecule has 29 heavy (non-hydrogen) atoms. The maximum absolute atomic E-state index is 14.2. The number of H-pyrrole nitrogens is 1. The van der Waals surface area contributed by atoms with Crippen molar-refractivity contribution in [2.24, 2.45) is 0 Å². The summed E-state index contributed by atoms with van der Waals surface area (Å²) in [5.74, 6) is 0.353. The van der Waals surface area contributed by atoms with Gasteiger partial charge in [-0.25, -0.2) is 28.7 Å². The molecule has 9 heteroatoms. The van der Waals surface area contributed by atoms with Gasteiger partial charge in [-0.2, -0.15) is 0 Å². The molecular formula is C20H16FN7O. The Morgan fingerprint density at radius 1 is 1.14 bits per heavy atom. The largest absolute Gasteiger partial charge is 0.360 e. The molecule has 0 spiro atoms. The number of benzene rings is 1. The summed E-state index contributed by atoms with van der Waals surface area (Å²) in [5.41, 5.74) is 1.37. The molecule has 8 nitrogen and oxygen atoms in total. The number of aromatic nitrogens is 6. The first-order valence-electron chi connectivity index (χ1n) is 9.03. The van der Waals surface area contributed by atoms with E-state index >= 15 is 0 Å². The van der Waals surface area contributed by atoms with Crippen molar-refractivity contribution >= 4 is 22.5 Å². The van der Waals surface area contributed by atoms with Crippen molar-refractivity contribution in [2.45, 2.75) is 13.0 Å². The Bertz CT molecular complexity index is 1390. The van der Waals surface area contributed by atoms with E-state index < -0.39 is 11.9 Å². The van der Waals surface area contributed by atoms with Crippen molar-refractivity contribution in [3.05, 3.63) is 83.3 Å². The maximum Gasteiger partial charge on any atom is 0.339 e. The van der Waals surface area contributed by atoms with Gasteiger partial charge in [-0.1, -0.05) is 18.2 Å². The Labute approximate surface area is 163 Å². The molecular weight excluding hydrogens is 373 g/mol. The van der Waals surface area contributed by atoms with E-state index in [0.717, 1.165) is 0 Å². The van der Waals surface area contributed by atoms with Crippen LogP contribution in [0.2, 0.25) is 0 Å². The van der Waals surface area contributed by atoms with Gasteiger partial charge >= 0.3 is 5.69 Å². The second kappa shape index (κ2) is 6.55. The molecule has 0 saturated carbocycles. The first-order chi connectivity index (χ1) is 14.1. The average Bonchev–Trinajstić information content (AvgIpc) is 3.36. The zero-order valence-electron chi connectivity index (χ0n) is 15.4. The van der Waals surface area contributed by atoms with Gasteiger partial charge in [0.25, 0.3) is 0 Å². The molecule has 0 radical (unpaired) electrons. The summed E-state index contributed by atoms with van der Waals surface area (Å²) in [7, 11) is 0. The van der Waals surface area contributed by atoms with E-state index in [1.54, 1.807) is 18.3 Å². The zero-order chi connectivity index (χ0) is 20.0. The molecule has 0 bridgehead atoms. The monoisotopic (exact) mass is 389 g/mol. The lowest BCUT2D eigenvalue weighted by Gasteiger charge is -2.19. The van der Waals surface area contributed by atoms with Crippen molar-refractivity contribution in [1.82, 2.24) is 28.9 Å². The highest BCUT2D eigenvalue weighted by molar-refractivity contribution is 5.87. The topological polar surface area (TPSA) is 92.9 Å². The van der Waals surface area contributed by atoms with Crippen LogP contribution in [-0.2, 0) is 0 Å². The number of nitrogens with one attached hydrogen (secondary N) is 2. The maximum atomic E-state index is 14.2. The van der Waals surface area contributed by atoms with Crippen molar-refractivity contribution in [1.29, 1.82) is 0 Å². The third kappa shape index (κ3) is 2.75. The van der Waals surface area contributed by atoms with Crippen molar-refractivity contribution in [3.63, 3.8) is 0 Å². The van der Waals surface area contributed by atoms with Crippen molar-refractivity contribution in [3.8, 4) is 5.69 Å². The van der Waals surface area contributed by atoms with Crippen LogP contribution in [0.25, 0.3) is 22.4 Å². The summed E-state index contributed by atoms with van der Waals surface area (Å²) >= 11 is 0. The molecule has 0 fully saturated rings. The molecule has 0 saturated heterocycles. The van der Waals surface area contributed by atoms with E-state index in [9.17, 15) is 9.18 Å². The second-order valence-corrected chi connectivity index (χ2v) is 6.61. The van der Waals surface area contributed by atoms with Crippen molar-refractivity contribution in [2.75, 3.05) is 5.32 Å². The van der Waals surface area contributed by atoms with Crippen LogP contribution in [-0.4, -0.2) is 28.9 Å². The summed E-state index contributed by atoms with van der Waals surface area (Å²) in [5, 5.41) is 3.44. The molecule has 0 amide bonds. The highest BCUT2D eigenvalue weighted by Gasteiger charge is 2.20. The molecule has 0 aliphatic heterocycles. The van der Waals surface area contributed by atoms with E-state index in [1.165, 1.54) is 21.5 Å². The van der Waals surface area contributed by atoms with E-state index in [1.807, 2.05) is 37.3 Å². The number of hydrogen-bond acceptors (Lipinski definition) is 5. The molecule has 0 aliphatic carbocycles. The third-order valence-electron chi connectivity index (χ3n) is 4.76. The lowest BCUT2D eigenvalue weighted by Crippen LogP contribution is -2.31. The van der Waals surface area contributed by atoms with Gasteiger partial charge in [-0.3, -0.25) is 4.40 Å². The molecule has 1 atom stereocenters. The Balaban J connectivity index is 1.67. The Kier molecular flexibility index (Phi) is 3.87. The van der Waals surface area contributed by atoms with Crippen molar-refractivity contribution < 1.29 is 4.39 Å². The van der Waals surface area contributed by atoms with Gasteiger partial charge in [0, 0.05) is 12.4 Å². The first-order valence-corrected chi connectivity index (χ1v) is 9.03. The molecule has 5 aromatic rings. The van der Waals surface area contributed by atoms with Crippen LogP contribution in [0, 0.1) is 5.82 Å². The van der Waals surface area contributed by atoms with Crippen LogP contribution < -0.4 is 11.0 Å². The van der Waals surface area contributed by atoms with E-state index in [4.69, 9.17) is 0 Å². The Morgan fingerprint density at radius 3 is 2.79 bits per heavy atom. The van der Waals surface area contributed by atoms with Gasteiger partial charge in [0.05, 0.1) is 17.1 Å². The number of hydrogen-bond donors (Lipinski definition) is 2. The normalized spacial score (nSPS) is 12.5. The number of rotatable bonds is 4. The first kappa shape index (κ1) is 17.1. The summed E-state index contributed by atoms with van der Waals surface area (Å²) in [6.45, 7) is 1.85. The lowest BCUT2D eigenvalue weighted by molar-refractivity contribution is 0.638. The van der Waals surface area contributed by atoms with Gasteiger partial charge in [0.1, 0.15) is 29.3 Å². The minimum atomic E-state index is -0.453. The highest BCUT2D eigenvalue weighted by Crippen LogP contribution is 2.26. The number of para-hydroxylation sites is 1. The van der Waals surface area contributed by atoms with Crippen LogP contribution in [0.15, 0.2) is 66.0 Å². The van der Waals surface area contributed by atoms with Crippen LogP contribution in [0.4, 0.5) is 10.2 Å². The zero-order valence-corrected chi connectivity index (χ0v) is 15.4. The van der Waals surface area contributed by atoms with Gasteiger partial charge in [0.15, 0.2) is 5.82 Å². The number of nitrogens with zero attached hydrogens (tertiary/aromatic N) is 5. The number of halogens is 1. The number of aromatic amines is 1. The average molecular weight is 389 g/mol. The highest BCUT2D eigenvalue weighted by atomic mass is 19.1. The summed E-state index contributed by atoms with van der Waals surface area (Å²) < 4.78 is 17.2. The smallest absolute Gasteiger partial charge is 0.339 e. The minimum absolute atomic E-state index is 0.240. The number of fused-ring (bicyclic) bond motifs is 2.